The summed E-state index contributed by atoms with van der Waals surface area (Å²) in [6, 6.07) is 4.96. The number of carbonyl (C=O) groups is 1. The van der Waals surface area contributed by atoms with Crippen molar-refractivity contribution in [3.8, 4) is 0 Å². The van der Waals surface area contributed by atoms with Crippen LogP contribution in [0, 0.1) is 0 Å². The molecule has 2 N–H and O–H groups in total. The molecule has 9 heteroatoms. The Bertz CT molecular complexity index is 803. The standard InChI is InChI=1S/C12H15Cl2N3O.C12H23N3.C2H6/c1-16-4-6-17(7-5-16)12(18)15-9-2-3-10(13)11(14)8-9;1-4-13-14-12(3)11(2)10-15-8-6-5-7-9-15;1-2/h2-3,8H,4-7H2,1H3,(H,15,18);13H,2,4-10H2,1,3H3;1-2H3/b;14-12-;. The molecule has 198 valence electrons. The van der Waals surface area contributed by atoms with Crippen molar-refractivity contribution >= 4 is 40.6 Å². The van der Waals surface area contributed by atoms with Crippen LogP contribution < -0.4 is 10.7 Å². The highest BCUT2D eigenvalue weighted by molar-refractivity contribution is 6.42. The average molecular weight is 528 g/mol. The van der Waals surface area contributed by atoms with E-state index in [1.807, 2.05) is 34.7 Å². The van der Waals surface area contributed by atoms with Crippen molar-refractivity contribution in [2.24, 2.45) is 5.10 Å². The number of carbonyl (C=O) groups excluding carboxylic acids is 1. The summed E-state index contributed by atoms with van der Waals surface area (Å²) >= 11 is 11.7. The third-order valence-electron chi connectivity index (χ3n) is 5.74. The molecule has 2 amide bonds. The Labute approximate surface area is 222 Å². The van der Waals surface area contributed by atoms with E-state index in [0.29, 0.717) is 15.7 Å². The molecule has 35 heavy (non-hydrogen) atoms. The van der Waals surface area contributed by atoms with Crippen LogP contribution in [-0.4, -0.2) is 85.8 Å². The molecule has 2 saturated heterocycles. The van der Waals surface area contributed by atoms with E-state index in [-0.39, 0.29) is 6.03 Å². The Morgan fingerprint density at radius 3 is 2.23 bits per heavy atom. The summed E-state index contributed by atoms with van der Waals surface area (Å²) in [4.78, 5) is 18.5. The minimum absolute atomic E-state index is 0.0958. The molecule has 2 aliphatic rings. The van der Waals surface area contributed by atoms with Crippen LogP contribution in [0.5, 0.6) is 0 Å². The number of piperazine rings is 1. The molecule has 0 saturated carbocycles. The minimum Gasteiger partial charge on any atom is -0.322 e. The zero-order valence-electron chi connectivity index (χ0n) is 22.2. The smallest absolute Gasteiger partial charge is 0.321 e. The number of hydrogen-bond donors (Lipinski definition) is 2. The van der Waals surface area contributed by atoms with Crippen LogP contribution in [0.4, 0.5) is 10.5 Å². The number of rotatable bonds is 6. The van der Waals surface area contributed by atoms with Crippen molar-refractivity contribution in [1.29, 1.82) is 0 Å². The lowest BCUT2D eigenvalue weighted by Gasteiger charge is -2.32. The molecular formula is C26H44Cl2N6O. The Kier molecular flexibility index (Phi) is 15.7. The molecule has 0 spiro atoms. The first-order valence-corrected chi connectivity index (χ1v) is 13.4. The van der Waals surface area contributed by atoms with E-state index in [1.54, 1.807) is 23.1 Å². The van der Waals surface area contributed by atoms with Crippen molar-refractivity contribution < 1.29 is 4.79 Å². The van der Waals surface area contributed by atoms with Crippen LogP contribution in [0.1, 0.15) is 47.0 Å². The first kappa shape index (κ1) is 31.2. The maximum Gasteiger partial charge on any atom is 0.321 e. The van der Waals surface area contributed by atoms with E-state index >= 15 is 0 Å². The van der Waals surface area contributed by atoms with Crippen LogP contribution in [0.3, 0.4) is 0 Å². The first-order valence-electron chi connectivity index (χ1n) is 12.7. The molecule has 0 bridgehead atoms. The number of hydrazone groups is 1. The summed E-state index contributed by atoms with van der Waals surface area (Å²) in [6.45, 7) is 19.7. The van der Waals surface area contributed by atoms with Gasteiger partial charge in [-0.1, -0.05) is 50.0 Å². The molecule has 0 aliphatic carbocycles. The molecule has 2 heterocycles. The maximum atomic E-state index is 12.0. The van der Waals surface area contributed by atoms with Crippen LogP contribution in [0.15, 0.2) is 35.5 Å². The van der Waals surface area contributed by atoms with E-state index in [2.05, 4.69) is 32.2 Å². The van der Waals surface area contributed by atoms with E-state index in [4.69, 9.17) is 23.2 Å². The molecule has 1 aromatic rings. The molecule has 2 aliphatic heterocycles. The second-order valence-electron chi connectivity index (χ2n) is 8.50. The fraction of sp³-hybridized carbons (Fsp3) is 0.615. The molecule has 7 nitrogen and oxygen atoms in total. The van der Waals surface area contributed by atoms with Gasteiger partial charge in [0.1, 0.15) is 0 Å². The molecule has 2 fully saturated rings. The number of nitrogens with zero attached hydrogens (tertiary/aromatic N) is 4. The molecule has 0 atom stereocenters. The van der Waals surface area contributed by atoms with Crippen LogP contribution >= 0.6 is 23.2 Å². The number of piperidine rings is 1. The quantitative estimate of drug-likeness (QED) is 0.362. The maximum absolute atomic E-state index is 12.0. The average Bonchev–Trinajstić information content (AvgIpc) is 2.87. The highest BCUT2D eigenvalue weighted by Crippen LogP contribution is 2.25. The Morgan fingerprint density at radius 2 is 1.66 bits per heavy atom. The fourth-order valence-electron chi connectivity index (χ4n) is 3.56. The summed E-state index contributed by atoms with van der Waals surface area (Å²) < 4.78 is 0. The third kappa shape index (κ3) is 12.1. The lowest BCUT2D eigenvalue weighted by atomic mass is 10.1. The van der Waals surface area contributed by atoms with Gasteiger partial charge < -0.3 is 20.5 Å². The van der Waals surface area contributed by atoms with Gasteiger partial charge in [0.15, 0.2) is 0 Å². The lowest BCUT2D eigenvalue weighted by molar-refractivity contribution is 0.164. The van der Waals surface area contributed by atoms with Crippen molar-refractivity contribution in [3.63, 3.8) is 0 Å². The van der Waals surface area contributed by atoms with Gasteiger partial charge in [0.05, 0.1) is 15.8 Å². The second kappa shape index (κ2) is 17.6. The van der Waals surface area contributed by atoms with Gasteiger partial charge in [-0.2, -0.15) is 5.10 Å². The fourth-order valence-corrected chi connectivity index (χ4v) is 3.86. The largest absolute Gasteiger partial charge is 0.322 e. The van der Waals surface area contributed by atoms with Gasteiger partial charge in [0, 0.05) is 45.0 Å². The van der Waals surface area contributed by atoms with Crippen molar-refractivity contribution in [2.75, 3.05) is 64.7 Å². The molecular weight excluding hydrogens is 483 g/mol. The van der Waals surface area contributed by atoms with Crippen molar-refractivity contribution in [1.82, 2.24) is 20.1 Å². The molecule has 3 rings (SSSR count). The molecule has 0 radical (unpaired) electrons. The monoisotopic (exact) mass is 526 g/mol. The molecule has 0 unspecified atom stereocenters. The lowest BCUT2D eigenvalue weighted by Crippen LogP contribution is -2.48. The van der Waals surface area contributed by atoms with Gasteiger partial charge in [0.2, 0.25) is 0 Å². The Morgan fingerprint density at radius 1 is 1.03 bits per heavy atom. The number of nitrogens with one attached hydrogen (secondary N) is 2. The minimum atomic E-state index is -0.0958. The summed E-state index contributed by atoms with van der Waals surface area (Å²) in [7, 11) is 2.05. The van der Waals surface area contributed by atoms with Crippen molar-refractivity contribution in [3.05, 3.63) is 40.4 Å². The normalized spacial score (nSPS) is 16.9. The topological polar surface area (TPSA) is 63.2 Å². The van der Waals surface area contributed by atoms with Gasteiger partial charge in [-0.25, -0.2) is 4.79 Å². The number of urea groups is 1. The van der Waals surface area contributed by atoms with E-state index in [0.717, 1.165) is 50.6 Å². The number of likely N-dealkylation sites (tertiary alicyclic amines) is 1. The number of anilines is 1. The van der Waals surface area contributed by atoms with Gasteiger partial charge >= 0.3 is 6.03 Å². The SMILES string of the molecule is C=C(CN1CCCCC1)/C(C)=N\NCC.CC.CN1CCN(C(=O)Nc2ccc(Cl)c(Cl)c2)CC1. The van der Waals surface area contributed by atoms with Gasteiger partial charge in [0.25, 0.3) is 0 Å². The number of benzene rings is 1. The predicted octanol–water partition coefficient (Wildman–Crippen LogP) is 5.81. The zero-order chi connectivity index (χ0) is 26.2. The van der Waals surface area contributed by atoms with Crippen LogP contribution in [0.25, 0.3) is 0 Å². The second-order valence-corrected chi connectivity index (χ2v) is 9.31. The molecule has 0 aromatic heterocycles. The first-order chi connectivity index (χ1) is 16.8. The van der Waals surface area contributed by atoms with Gasteiger partial charge in [-0.05, 0) is 70.6 Å². The highest BCUT2D eigenvalue weighted by atomic mass is 35.5. The number of halogens is 2. The van der Waals surface area contributed by atoms with Gasteiger partial charge in [-0.3, -0.25) is 4.90 Å². The van der Waals surface area contributed by atoms with Gasteiger partial charge in [-0.15, -0.1) is 0 Å². The Balaban J connectivity index is 0.000000332. The number of amides is 2. The summed E-state index contributed by atoms with van der Waals surface area (Å²) in [6.07, 6.45) is 4.04. The predicted molar refractivity (Wildman–Crippen MR) is 152 cm³/mol. The summed E-state index contributed by atoms with van der Waals surface area (Å²) in [5, 5.41) is 7.99. The van der Waals surface area contributed by atoms with Crippen LogP contribution in [0.2, 0.25) is 10.0 Å². The molecule has 1 aromatic carbocycles. The third-order valence-corrected chi connectivity index (χ3v) is 6.48. The highest BCUT2D eigenvalue weighted by Gasteiger charge is 2.19. The Hall–Kier alpha value is -1.80. The number of hydrogen-bond acceptors (Lipinski definition) is 5. The van der Waals surface area contributed by atoms with E-state index < -0.39 is 0 Å². The zero-order valence-corrected chi connectivity index (χ0v) is 23.7. The number of likely N-dealkylation sites (N-methyl/N-ethyl adjacent to an activating group) is 1. The van der Waals surface area contributed by atoms with Crippen molar-refractivity contribution in [2.45, 2.75) is 47.0 Å². The summed E-state index contributed by atoms with van der Waals surface area (Å²) in [5.74, 6) is 0. The summed E-state index contributed by atoms with van der Waals surface area (Å²) in [5.41, 5.74) is 5.80. The van der Waals surface area contributed by atoms with E-state index in [9.17, 15) is 4.79 Å². The van der Waals surface area contributed by atoms with Crippen LogP contribution in [-0.2, 0) is 0 Å². The van der Waals surface area contributed by atoms with E-state index in [1.165, 1.54) is 32.4 Å².